The Balaban J connectivity index is 2.16. The zero-order valence-electron chi connectivity index (χ0n) is 11.5. The molecule has 0 amide bonds. The number of nitrogens with zero attached hydrogens (tertiary/aromatic N) is 1. The maximum absolute atomic E-state index is 12.9. The number of hydrogen-bond donors (Lipinski definition) is 1. The van der Waals surface area contributed by atoms with Crippen LogP contribution < -0.4 is 10.0 Å². The molecule has 2 N–H and O–H groups in total. The number of nitrogens with two attached hydrogens (primary N) is 1. The maximum atomic E-state index is 12.9. The van der Waals surface area contributed by atoms with Crippen molar-refractivity contribution in [2.24, 2.45) is 0 Å². The molecule has 0 atom stereocenters. The summed E-state index contributed by atoms with van der Waals surface area (Å²) in [4.78, 5) is 0.228. The lowest BCUT2D eigenvalue weighted by molar-refractivity contribution is 0.591. The number of para-hydroxylation sites is 1. The molecule has 0 unspecified atom stereocenters. The minimum absolute atomic E-state index is 0.228. The molecular weight excluding hydrogens is 308 g/mol. The smallest absolute Gasteiger partial charge is 0.264 e. The van der Waals surface area contributed by atoms with Gasteiger partial charge < -0.3 is 5.73 Å². The topological polar surface area (TPSA) is 63.4 Å². The van der Waals surface area contributed by atoms with Crippen molar-refractivity contribution in [1.29, 1.82) is 0 Å². The highest BCUT2D eigenvalue weighted by Crippen LogP contribution is 2.38. The fourth-order valence-electron chi connectivity index (χ4n) is 2.66. The average molecular weight is 323 g/mol. The van der Waals surface area contributed by atoms with E-state index in [1.165, 1.54) is 10.4 Å². The van der Waals surface area contributed by atoms with E-state index in [0.717, 1.165) is 5.56 Å². The third-order valence-electron chi connectivity index (χ3n) is 3.70. The van der Waals surface area contributed by atoms with E-state index in [1.807, 2.05) is 12.1 Å². The summed E-state index contributed by atoms with van der Waals surface area (Å²) in [7, 11) is -3.66. The quantitative estimate of drug-likeness (QED) is 0.864. The van der Waals surface area contributed by atoms with Crippen LogP contribution in [0.15, 0.2) is 41.3 Å². The molecule has 1 aliphatic heterocycles. The molecule has 0 bridgehead atoms. The summed E-state index contributed by atoms with van der Waals surface area (Å²) in [6, 6.07) is 10.4. The standard InChI is InChI=1S/C15H15ClN2O2S/c1-10-5-6-12(16)9-14(10)21(19,20)18-8-7-11-3-2-4-13(17)15(11)18/h2-6,9H,7-8,17H2,1H3. The van der Waals surface area contributed by atoms with Crippen LogP contribution in [0.5, 0.6) is 0 Å². The Bertz CT molecular complexity index is 818. The van der Waals surface area contributed by atoms with Gasteiger partial charge in [0.2, 0.25) is 0 Å². The fourth-order valence-corrected chi connectivity index (χ4v) is 4.68. The Morgan fingerprint density at radius 3 is 2.76 bits per heavy atom. The van der Waals surface area contributed by atoms with Crippen molar-refractivity contribution in [3.8, 4) is 0 Å². The second kappa shape index (κ2) is 4.93. The van der Waals surface area contributed by atoms with E-state index in [-0.39, 0.29) is 4.90 Å². The Morgan fingerprint density at radius 2 is 2.00 bits per heavy atom. The van der Waals surface area contributed by atoms with Gasteiger partial charge in [0.15, 0.2) is 0 Å². The number of sulfonamides is 1. The lowest BCUT2D eigenvalue weighted by Crippen LogP contribution is -2.30. The zero-order chi connectivity index (χ0) is 15.2. The number of anilines is 2. The Labute approximate surface area is 129 Å². The van der Waals surface area contributed by atoms with Crippen LogP contribution in [0.4, 0.5) is 11.4 Å². The first-order valence-electron chi connectivity index (χ1n) is 6.57. The average Bonchev–Trinajstić information content (AvgIpc) is 2.87. The molecule has 2 aromatic carbocycles. The van der Waals surface area contributed by atoms with E-state index in [0.29, 0.717) is 34.9 Å². The van der Waals surface area contributed by atoms with Crippen LogP contribution in [0.2, 0.25) is 5.02 Å². The molecule has 1 aliphatic rings. The minimum Gasteiger partial charge on any atom is -0.397 e. The Morgan fingerprint density at radius 1 is 1.24 bits per heavy atom. The largest absolute Gasteiger partial charge is 0.397 e. The fraction of sp³-hybridized carbons (Fsp3) is 0.200. The second-order valence-electron chi connectivity index (χ2n) is 5.09. The number of nitrogen functional groups attached to an aromatic ring is 1. The van der Waals surface area contributed by atoms with Crippen LogP contribution in [-0.2, 0) is 16.4 Å². The van der Waals surface area contributed by atoms with Crippen LogP contribution in [0.25, 0.3) is 0 Å². The Kier molecular flexibility index (Phi) is 3.34. The first-order valence-corrected chi connectivity index (χ1v) is 8.39. The third-order valence-corrected chi connectivity index (χ3v) is 5.88. The van der Waals surface area contributed by atoms with Crippen LogP contribution in [-0.4, -0.2) is 15.0 Å². The summed E-state index contributed by atoms with van der Waals surface area (Å²) in [6.45, 7) is 2.16. The van der Waals surface area contributed by atoms with Gasteiger partial charge in [0, 0.05) is 11.6 Å². The molecule has 1 heterocycles. The van der Waals surface area contributed by atoms with Crippen LogP contribution >= 0.6 is 11.6 Å². The van der Waals surface area contributed by atoms with Crippen molar-refractivity contribution in [2.45, 2.75) is 18.2 Å². The lowest BCUT2D eigenvalue weighted by atomic mass is 10.1. The third kappa shape index (κ3) is 2.26. The molecule has 2 aromatic rings. The molecule has 0 saturated heterocycles. The highest BCUT2D eigenvalue weighted by Gasteiger charge is 2.33. The Hall–Kier alpha value is -1.72. The summed E-state index contributed by atoms with van der Waals surface area (Å²) < 4.78 is 27.3. The van der Waals surface area contributed by atoms with Gasteiger partial charge in [-0.1, -0.05) is 29.8 Å². The van der Waals surface area contributed by atoms with Gasteiger partial charge in [0.05, 0.1) is 16.3 Å². The van der Waals surface area contributed by atoms with Crippen molar-refractivity contribution in [2.75, 3.05) is 16.6 Å². The van der Waals surface area contributed by atoms with Gasteiger partial charge >= 0.3 is 0 Å². The first kappa shape index (κ1) is 14.2. The van der Waals surface area contributed by atoms with E-state index in [2.05, 4.69) is 0 Å². The van der Waals surface area contributed by atoms with E-state index in [4.69, 9.17) is 17.3 Å². The molecule has 21 heavy (non-hydrogen) atoms. The van der Waals surface area contributed by atoms with Crippen molar-refractivity contribution in [3.63, 3.8) is 0 Å². The molecular formula is C15H15ClN2O2S. The van der Waals surface area contributed by atoms with Crippen molar-refractivity contribution in [3.05, 3.63) is 52.5 Å². The highest BCUT2D eigenvalue weighted by molar-refractivity contribution is 7.93. The molecule has 0 aliphatic carbocycles. The number of aryl methyl sites for hydroxylation is 1. The summed E-state index contributed by atoms with van der Waals surface area (Å²) in [5, 5.41) is 0.402. The van der Waals surface area contributed by atoms with Gasteiger partial charge in [0.25, 0.3) is 10.0 Å². The molecule has 6 heteroatoms. The predicted molar refractivity (Wildman–Crippen MR) is 85.3 cm³/mol. The molecule has 0 radical (unpaired) electrons. The van der Waals surface area contributed by atoms with E-state index >= 15 is 0 Å². The van der Waals surface area contributed by atoms with E-state index < -0.39 is 10.0 Å². The summed E-state index contributed by atoms with van der Waals surface area (Å²) in [6.07, 6.45) is 0.666. The predicted octanol–water partition coefficient (Wildman–Crippen LogP) is 2.98. The van der Waals surface area contributed by atoms with Gasteiger partial charge in [-0.25, -0.2) is 8.42 Å². The molecule has 0 spiro atoms. The summed E-state index contributed by atoms with van der Waals surface area (Å²) >= 11 is 5.95. The van der Waals surface area contributed by atoms with Crippen LogP contribution in [0.1, 0.15) is 11.1 Å². The SMILES string of the molecule is Cc1ccc(Cl)cc1S(=O)(=O)N1CCc2cccc(N)c21. The van der Waals surface area contributed by atoms with Crippen LogP contribution in [0.3, 0.4) is 0 Å². The first-order chi connectivity index (χ1) is 9.91. The van der Waals surface area contributed by atoms with Gasteiger partial charge in [-0.05, 0) is 42.7 Å². The molecule has 4 nitrogen and oxygen atoms in total. The number of halogens is 1. The molecule has 3 rings (SSSR count). The van der Waals surface area contributed by atoms with E-state index in [9.17, 15) is 8.42 Å². The number of hydrogen-bond acceptors (Lipinski definition) is 3. The number of rotatable bonds is 2. The summed E-state index contributed by atoms with van der Waals surface area (Å²) in [5.41, 5.74) is 8.67. The number of fused-ring (bicyclic) bond motifs is 1. The van der Waals surface area contributed by atoms with Gasteiger partial charge in [-0.15, -0.1) is 0 Å². The van der Waals surface area contributed by atoms with Gasteiger partial charge in [-0.3, -0.25) is 4.31 Å². The van der Waals surface area contributed by atoms with Crippen molar-refractivity contribution >= 4 is 33.0 Å². The van der Waals surface area contributed by atoms with Crippen molar-refractivity contribution in [1.82, 2.24) is 0 Å². The second-order valence-corrected chi connectivity index (χ2v) is 7.36. The summed E-state index contributed by atoms with van der Waals surface area (Å²) in [5.74, 6) is 0. The molecule has 110 valence electrons. The van der Waals surface area contributed by atoms with Crippen molar-refractivity contribution < 1.29 is 8.42 Å². The van der Waals surface area contributed by atoms with Crippen LogP contribution in [0, 0.1) is 6.92 Å². The number of benzene rings is 2. The highest BCUT2D eigenvalue weighted by atomic mass is 35.5. The minimum atomic E-state index is -3.66. The molecule has 0 fully saturated rings. The van der Waals surface area contributed by atoms with E-state index in [1.54, 1.807) is 25.1 Å². The van der Waals surface area contributed by atoms with Gasteiger partial charge in [-0.2, -0.15) is 0 Å². The van der Waals surface area contributed by atoms with Gasteiger partial charge in [0.1, 0.15) is 0 Å². The normalized spacial score (nSPS) is 14.3. The molecule has 0 aromatic heterocycles. The zero-order valence-corrected chi connectivity index (χ0v) is 13.1. The molecule has 0 saturated carbocycles. The maximum Gasteiger partial charge on any atom is 0.264 e. The monoisotopic (exact) mass is 322 g/mol. The lowest BCUT2D eigenvalue weighted by Gasteiger charge is -2.22.